The highest BCUT2D eigenvalue weighted by Crippen LogP contribution is 2.39. The van der Waals surface area contributed by atoms with E-state index in [1.165, 1.54) is 0 Å². The van der Waals surface area contributed by atoms with Crippen LogP contribution < -0.4 is 14.2 Å². The Bertz CT molecular complexity index is 860. The summed E-state index contributed by atoms with van der Waals surface area (Å²) in [5, 5.41) is 8.62. The summed E-state index contributed by atoms with van der Waals surface area (Å²) in [5.74, 6) is 1.85. The SMILES string of the molecule is COc1ccc(/C=C2\Oc3c(ccc(OCC#N)c3C)C2=O)cc1. The molecule has 2 aromatic rings. The Morgan fingerprint density at radius 3 is 2.62 bits per heavy atom. The summed E-state index contributed by atoms with van der Waals surface area (Å²) < 4.78 is 16.2. The first-order valence-electron chi connectivity index (χ1n) is 7.35. The fourth-order valence-corrected chi connectivity index (χ4v) is 2.49. The van der Waals surface area contributed by atoms with Crippen molar-refractivity contribution in [1.82, 2.24) is 0 Å². The lowest BCUT2D eigenvalue weighted by molar-refractivity contribution is 0.101. The quantitative estimate of drug-likeness (QED) is 0.806. The third-order valence-corrected chi connectivity index (χ3v) is 3.74. The van der Waals surface area contributed by atoms with Crippen molar-refractivity contribution in [1.29, 1.82) is 5.26 Å². The van der Waals surface area contributed by atoms with Gasteiger partial charge in [0.2, 0.25) is 5.78 Å². The third-order valence-electron chi connectivity index (χ3n) is 3.74. The fourth-order valence-electron chi connectivity index (χ4n) is 2.49. The molecule has 5 heteroatoms. The summed E-state index contributed by atoms with van der Waals surface area (Å²) in [6, 6.07) is 12.6. The van der Waals surface area contributed by atoms with Gasteiger partial charge in [0.15, 0.2) is 12.4 Å². The van der Waals surface area contributed by atoms with E-state index in [0.717, 1.165) is 11.3 Å². The van der Waals surface area contributed by atoms with E-state index in [4.69, 9.17) is 19.5 Å². The Hall–Kier alpha value is -3.26. The Labute approximate surface area is 139 Å². The first-order valence-corrected chi connectivity index (χ1v) is 7.35. The minimum absolute atomic E-state index is 0.0535. The van der Waals surface area contributed by atoms with Crippen LogP contribution in [0.2, 0.25) is 0 Å². The average molecular weight is 321 g/mol. The fraction of sp³-hybridized carbons (Fsp3) is 0.158. The molecule has 0 N–H and O–H groups in total. The van der Waals surface area contributed by atoms with Crippen LogP contribution >= 0.6 is 0 Å². The highest BCUT2D eigenvalue weighted by molar-refractivity contribution is 6.14. The molecule has 0 fully saturated rings. The van der Waals surface area contributed by atoms with Crippen LogP contribution in [0.25, 0.3) is 6.08 Å². The molecule has 1 aliphatic heterocycles. The maximum atomic E-state index is 12.5. The normalized spacial score (nSPS) is 14.0. The maximum absolute atomic E-state index is 12.5. The first-order chi connectivity index (χ1) is 11.6. The number of benzene rings is 2. The molecule has 0 saturated carbocycles. The molecule has 1 heterocycles. The molecule has 0 aromatic heterocycles. The number of fused-ring (bicyclic) bond motifs is 1. The van der Waals surface area contributed by atoms with E-state index in [9.17, 15) is 4.79 Å². The minimum Gasteiger partial charge on any atom is -0.497 e. The monoisotopic (exact) mass is 321 g/mol. The lowest BCUT2D eigenvalue weighted by Gasteiger charge is -2.08. The zero-order chi connectivity index (χ0) is 17.1. The molecule has 0 amide bonds. The van der Waals surface area contributed by atoms with Crippen molar-refractivity contribution in [2.24, 2.45) is 0 Å². The van der Waals surface area contributed by atoms with Gasteiger partial charge in [-0.15, -0.1) is 0 Å². The van der Waals surface area contributed by atoms with Crippen LogP contribution in [-0.2, 0) is 0 Å². The molecule has 24 heavy (non-hydrogen) atoms. The Kier molecular flexibility index (Phi) is 4.21. The molecule has 0 unspecified atom stereocenters. The number of hydrogen-bond acceptors (Lipinski definition) is 5. The van der Waals surface area contributed by atoms with Crippen LogP contribution in [0.3, 0.4) is 0 Å². The molecule has 0 atom stereocenters. The van der Waals surface area contributed by atoms with Gasteiger partial charge in [-0.3, -0.25) is 4.79 Å². The van der Waals surface area contributed by atoms with E-state index >= 15 is 0 Å². The average Bonchev–Trinajstić information content (AvgIpc) is 2.92. The molecule has 0 radical (unpaired) electrons. The van der Waals surface area contributed by atoms with Crippen molar-refractivity contribution in [3.8, 4) is 23.3 Å². The van der Waals surface area contributed by atoms with Gasteiger partial charge >= 0.3 is 0 Å². The summed E-state index contributed by atoms with van der Waals surface area (Å²) in [6.45, 7) is 1.75. The number of carbonyl (C=O) groups is 1. The van der Waals surface area contributed by atoms with Crippen molar-refractivity contribution in [2.75, 3.05) is 13.7 Å². The molecular formula is C19H15NO4. The highest BCUT2D eigenvalue weighted by atomic mass is 16.5. The van der Waals surface area contributed by atoms with Gasteiger partial charge in [-0.25, -0.2) is 0 Å². The maximum Gasteiger partial charge on any atom is 0.231 e. The molecule has 0 aliphatic carbocycles. The van der Waals surface area contributed by atoms with Crippen LogP contribution in [0.1, 0.15) is 21.5 Å². The molecule has 0 spiro atoms. The van der Waals surface area contributed by atoms with Gasteiger partial charge in [0.25, 0.3) is 0 Å². The van der Waals surface area contributed by atoms with Crippen LogP contribution in [0.15, 0.2) is 42.2 Å². The van der Waals surface area contributed by atoms with Gasteiger partial charge in [0.05, 0.1) is 12.7 Å². The first kappa shape index (κ1) is 15.6. The summed E-state index contributed by atoms with van der Waals surface area (Å²) in [7, 11) is 1.60. The zero-order valence-electron chi connectivity index (χ0n) is 13.3. The third kappa shape index (κ3) is 2.82. The predicted molar refractivity (Wildman–Crippen MR) is 88.2 cm³/mol. The van der Waals surface area contributed by atoms with Gasteiger partial charge < -0.3 is 14.2 Å². The van der Waals surface area contributed by atoms with Crippen molar-refractivity contribution in [3.63, 3.8) is 0 Å². The Morgan fingerprint density at radius 2 is 1.96 bits per heavy atom. The van der Waals surface area contributed by atoms with Crippen LogP contribution in [0.4, 0.5) is 0 Å². The molecule has 120 valence electrons. The molecule has 5 nitrogen and oxygen atoms in total. The lowest BCUT2D eigenvalue weighted by Crippen LogP contribution is -1.98. The Balaban J connectivity index is 1.91. The second kappa shape index (κ2) is 6.47. The highest BCUT2D eigenvalue weighted by Gasteiger charge is 2.30. The van der Waals surface area contributed by atoms with Gasteiger partial charge in [-0.1, -0.05) is 12.1 Å². The second-order valence-electron chi connectivity index (χ2n) is 5.23. The van der Waals surface area contributed by atoms with E-state index in [-0.39, 0.29) is 18.1 Å². The van der Waals surface area contributed by atoms with Gasteiger partial charge in [0.1, 0.15) is 23.3 Å². The van der Waals surface area contributed by atoms with E-state index in [2.05, 4.69) is 0 Å². The van der Waals surface area contributed by atoms with Crippen LogP contribution in [0, 0.1) is 18.3 Å². The number of rotatable bonds is 4. The number of allylic oxidation sites excluding steroid dienone is 1. The number of ether oxygens (including phenoxy) is 3. The van der Waals surface area contributed by atoms with Gasteiger partial charge in [-0.2, -0.15) is 5.26 Å². The zero-order valence-corrected chi connectivity index (χ0v) is 13.3. The van der Waals surface area contributed by atoms with E-state index in [1.807, 2.05) is 30.3 Å². The van der Waals surface area contributed by atoms with Crippen molar-refractivity contribution in [2.45, 2.75) is 6.92 Å². The number of Topliss-reactive ketones (excluding diaryl/α,β-unsaturated/α-hetero) is 1. The number of nitriles is 1. The van der Waals surface area contributed by atoms with Crippen molar-refractivity contribution in [3.05, 3.63) is 58.8 Å². The smallest absolute Gasteiger partial charge is 0.231 e. The molecule has 1 aliphatic rings. The number of carbonyl (C=O) groups excluding carboxylic acids is 1. The number of hydrogen-bond donors (Lipinski definition) is 0. The molecule has 0 bridgehead atoms. The standard InChI is InChI=1S/C19H15NO4/c1-12-16(23-10-9-20)8-7-15-18(21)17(24-19(12)15)11-13-3-5-14(22-2)6-4-13/h3-8,11H,10H2,1-2H3/b17-11-. The summed E-state index contributed by atoms with van der Waals surface area (Å²) in [5.41, 5.74) is 2.04. The Morgan fingerprint density at radius 1 is 1.21 bits per heavy atom. The van der Waals surface area contributed by atoms with E-state index in [1.54, 1.807) is 32.2 Å². The summed E-state index contributed by atoms with van der Waals surface area (Å²) in [4.78, 5) is 12.5. The number of ketones is 1. The minimum atomic E-state index is -0.171. The topological polar surface area (TPSA) is 68.6 Å². The predicted octanol–water partition coefficient (Wildman–Crippen LogP) is 3.52. The lowest BCUT2D eigenvalue weighted by atomic mass is 10.1. The van der Waals surface area contributed by atoms with Crippen molar-refractivity contribution < 1.29 is 19.0 Å². The molecule has 2 aromatic carbocycles. The van der Waals surface area contributed by atoms with E-state index in [0.29, 0.717) is 22.6 Å². The van der Waals surface area contributed by atoms with Crippen LogP contribution in [-0.4, -0.2) is 19.5 Å². The van der Waals surface area contributed by atoms with Crippen LogP contribution in [0.5, 0.6) is 17.2 Å². The number of nitrogens with zero attached hydrogens (tertiary/aromatic N) is 1. The molecule has 0 saturated heterocycles. The molecule has 3 rings (SSSR count). The largest absolute Gasteiger partial charge is 0.497 e. The van der Waals surface area contributed by atoms with Gasteiger partial charge in [0, 0.05) is 5.56 Å². The number of methoxy groups -OCH3 is 1. The van der Waals surface area contributed by atoms with Crippen molar-refractivity contribution >= 4 is 11.9 Å². The molecular weight excluding hydrogens is 306 g/mol. The summed E-state index contributed by atoms with van der Waals surface area (Å²) in [6.07, 6.45) is 1.69. The summed E-state index contributed by atoms with van der Waals surface area (Å²) >= 11 is 0. The second-order valence-corrected chi connectivity index (χ2v) is 5.23. The van der Waals surface area contributed by atoms with Gasteiger partial charge in [-0.05, 0) is 42.8 Å². The van der Waals surface area contributed by atoms with E-state index < -0.39 is 0 Å².